The van der Waals surface area contributed by atoms with Gasteiger partial charge in [0.2, 0.25) is 0 Å². The van der Waals surface area contributed by atoms with Crippen molar-refractivity contribution in [3.05, 3.63) is 29.6 Å². The highest BCUT2D eigenvalue weighted by Crippen LogP contribution is 2.19. The van der Waals surface area contributed by atoms with Gasteiger partial charge in [-0.2, -0.15) is 0 Å². The summed E-state index contributed by atoms with van der Waals surface area (Å²) in [5, 5.41) is 0. The van der Waals surface area contributed by atoms with Gasteiger partial charge >= 0.3 is 0 Å². The zero-order valence-electron chi connectivity index (χ0n) is 10.4. The van der Waals surface area contributed by atoms with Gasteiger partial charge in [0.25, 0.3) is 0 Å². The molecule has 18 heavy (non-hydrogen) atoms. The van der Waals surface area contributed by atoms with E-state index in [1.165, 1.54) is 13.2 Å². The number of nitrogens with two attached hydrogens (primary N) is 1. The van der Waals surface area contributed by atoms with Gasteiger partial charge in [-0.15, -0.1) is 0 Å². The summed E-state index contributed by atoms with van der Waals surface area (Å²) < 4.78 is 29.0. The Hall–Kier alpha value is -1.17. The largest absolute Gasteiger partial charge is 0.494 e. The molecule has 4 nitrogen and oxygen atoms in total. The molecule has 1 saturated heterocycles. The van der Waals surface area contributed by atoms with E-state index >= 15 is 0 Å². The molecule has 1 aromatic carbocycles. The minimum atomic E-state index is -0.365. The predicted molar refractivity (Wildman–Crippen MR) is 64.9 cm³/mol. The van der Waals surface area contributed by atoms with Crippen LogP contribution in [0.1, 0.15) is 12.0 Å². The molecule has 5 heteroatoms. The molecule has 100 valence electrons. The molecule has 1 heterocycles. The number of hydrogen-bond donors (Lipinski definition) is 1. The van der Waals surface area contributed by atoms with Crippen LogP contribution in [0.15, 0.2) is 18.2 Å². The third-order valence-electron chi connectivity index (χ3n) is 2.90. The molecule has 0 aliphatic carbocycles. The Balaban J connectivity index is 1.89. The number of hydrogen-bond acceptors (Lipinski definition) is 4. The molecule has 1 aromatic rings. The van der Waals surface area contributed by atoms with Crippen molar-refractivity contribution in [3.8, 4) is 5.75 Å². The zero-order chi connectivity index (χ0) is 13.0. The molecule has 1 aliphatic heterocycles. The van der Waals surface area contributed by atoms with Crippen LogP contribution >= 0.6 is 0 Å². The molecular formula is C13H18FNO3. The van der Waals surface area contributed by atoms with E-state index in [1.54, 1.807) is 6.07 Å². The SMILES string of the molecule is COc1ccc(CC(N)CC2OCCO2)cc1F. The van der Waals surface area contributed by atoms with Crippen molar-refractivity contribution in [1.29, 1.82) is 0 Å². The topological polar surface area (TPSA) is 53.7 Å². The van der Waals surface area contributed by atoms with Crippen molar-refractivity contribution in [1.82, 2.24) is 0 Å². The summed E-state index contributed by atoms with van der Waals surface area (Å²) in [5.41, 5.74) is 6.84. The van der Waals surface area contributed by atoms with Crippen molar-refractivity contribution in [2.75, 3.05) is 20.3 Å². The van der Waals surface area contributed by atoms with Crippen LogP contribution in [0.25, 0.3) is 0 Å². The standard InChI is InChI=1S/C13H18FNO3/c1-16-12-3-2-9(7-11(12)14)6-10(15)8-13-17-4-5-18-13/h2-3,7,10,13H,4-6,8,15H2,1H3. The highest BCUT2D eigenvalue weighted by Gasteiger charge is 2.19. The average molecular weight is 255 g/mol. The first-order valence-corrected chi connectivity index (χ1v) is 6.00. The summed E-state index contributed by atoms with van der Waals surface area (Å²) in [7, 11) is 1.44. The maximum absolute atomic E-state index is 13.5. The van der Waals surface area contributed by atoms with E-state index in [4.69, 9.17) is 19.9 Å². The lowest BCUT2D eigenvalue weighted by atomic mass is 10.0. The first kappa shape index (κ1) is 13.3. The molecule has 0 bridgehead atoms. The molecule has 1 aliphatic rings. The Kier molecular flexibility index (Phi) is 4.52. The first-order chi connectivity index (χ1) is 8.69. The zero-order valence-corrected chi connectivity index (χ0v) is 10.4. The molecule has 0 spiro atoms. The summed E-state index contributed by atoms with van der Waals surface area (Å²) in [4.78, 5) is 0. The van der Waals surface area contributed by atoms with Crippen LogP contribution in [0.3, 0.4) is 0 Å². The van der Waals surface area contributed by atoms with Gasteiger partial charge in [-0.05, 0) is 24.1 Å². The molecule has 0 aromatic heterocycles. The van der Waals surface area contributed by atoms with Crippen LogP contribution in [0.2, 0.25) is 0 Å². The van der Waals surface area contributed by atoms with Gasteiger partial charge in [0.15, 0.2) is 17.9 Å². The first-order valence-electron chi connectivity index (χ1n) is 6.00. The second-order valence-electron chi connectivity index (χ2n) is 4.34. The quantitative estimate of drug-likeness (QED) is 0.865. The van der Waals surface area contributed by atoms with Crippen LogP contribution in [0, 0.1) is 5.82 Å². The third kappa shape index (κ3) is 3.41. The van der Waals surface area contributed by atoms with E-state index in [0.717, 1.165) is 5.56 Å². The minimum absolute atomic E-state index is 0.110. The summed E-state index contributed by atoms with van der Waals surface area (Å²) in [6, 6.07) is 4.77. The number of halogens is 1. The molecule has 2 rings (SSSR count). The van der Waals surface area contributed by atoms with E-state index in [9.17, 15) is 4.39 Å². The number of rotatable bonds is 5. The second kappa shape index (κ2) is 6.13. The van der Waals surface area contributed by atoms with Crippen molar-refractivity contribution in [2.24, 2.45) is 5.73 Å². The molecule has 0 radical (unpaired) electrons. The van der Waals surface area contributed by atoms with Crippen molar-refractivity contribution >= 4 is 0 Å². The van der Waals surface area contributed by atoms with Gasteiger partial charge in [0.05, 0.1) is 20.3 Å². The van der Waals surface area contributed by atoms with E-state index < -0.39 is 0 Å². The Labute approximate surface area is 106 Å². The second-order valence-corrected chi connectivity index (χ2v) is 4.34. The van der Waals surface area contributed by atoms with E-state index in [2.05, 4.69) is 0 Å². The number of benzene rings is 1. The number of methoxy groups -OCH3 is 1. The summed E-state index contributed by atoms with van der Waals surface area (Å²) in [6.07, 6.45) is 0.987. The lowest BCUT2D eigenvalue weighted by Gasteiger charge is -2.16. The normalized spacial score (nSPS) is 17.9. The van der Waals surface area contributed by atoms with Gasteiger partial charge in [-0.25, -0.2) is 4.39 Å². The molecular weight excluding hydrogens is 237 g/mol. The molecule has 0 amide bonds. The molecule has 0 saturated carbocycles. The highest BCUT2D eigenvalue weighted by atomic mass is 19.1. The molecule has 1 unspecified atom stereocenters. The number of ether oxygens (including phenoxy) is 3. The van der Waals surface area contributed by atoms with Gasteiger partial charge in [0, 0.05) is 12.5 Å². The van der Waals surface area contributed by atoms with E-state index in [-0.39, 0.29) is 23.9 Å². The maximum Gasteiger partial charge on any atom is 0.165 e. The Morgan fingerprint density at radius 3 is 2.78 bits per heavy atom. The molecule has 1 fully saturated rings. The Morgan fingerprint density at radius 2 is 2.17 bits per heavy atom. The molecule has 2 N–H and O–H groups in total. The fourth-order valence-corrected chi connectivity index (χ4v) is 2.01. The van der Waals surface area contributed by atoms with Gasteiger partial charge in [0.1, 0.15) is 0 Å². The average Bonchev–Trinajstić information content (AvgIpc) is 2.82. The monoisotopic (exact) mass is 255 g/mol. The smallest absolute Gasteiger partial charge is 0.165 e. The van der Waals surface area contributed by atoms with Crippen molar-refractivity contribution in [2.45, 2.75) is 25.2 Å². The fraction of sp³-hybridized carbons (Fsp3) is 0.538. The van der Waals surface area contributed by atoms with Crippen LogP contribution in [0.4, 0.5) is 4.39 Å². The summed E-state index contributed by atoms with van der Waals surface area (Å²) in [5.74, 6) is -0.120. The van der Waals surface area contributed by atoms with Crippen LogP contribution in [0.5, 0.6) is 5.75 Å². The summed E-state index contributed by atoms with van der Waals surface area (Å²) >= 11 is 0. The van der Waals surface area contributed by atoms with Crippen LogP contribution in [-0.4, -0.2) is 32.7 Å². The van der Waals surface area contributed by atoms with Crippen LogP contribution in [-0.2, 0) is 15.9 Å². The van der Waals surface area contributed by atoms with Crippen LogP contribution < -0.4 is 10.5 Å². The fourth-order valence-electron chi connectivity index (χ4n) is 2.01. The van der Waals surface area contributed by atoms with Gasteiger partial charge in [-0.1, -0.05) is 6.07 Å². The van der Waals surface area contributed by atoms with Crippen molar-refractivity contribution in [3.63, 3.8) is 0 Å². The lowest BCUT2D eigenvalue weighted by Crippen LogP contribution is -2.28. The highest BCUT2D eigenvalue weighted by molar-refractivity contribution is 5.29. The summed E-state index contributed by atoms with van der Waals surface area (Å²) in [6.45, 7) is 1.24. The van der Waals surface area contributed by atoms with E-state index in [1.807, 2.05) is 6.07 Å². The maximum atomic E-state index is 13.5. The van der Waals surface area contributed by atoms with E-state index in [0.29, 0.717) is 26.1 Å². The minimum Gasteiger partial charge on any atom is -0.494 e. The third-order valence-corrected chi connectivity index (χ3v) is 2.90. The van der Waals surface area contributed by atoms with Gasteiger partial charge < -0.3 is 19.9 Å². The predicted octanol–water partition coefficient (Wildman–Crippen LogP) is 1.47. The Bertz CT molecular complexity index is 394. The molecule has 1 atom stereocenters. The Morgan fingerprint density at radius 1 is 1.44 bits per heavy atom. The van der Waals surface area contributed by atoms with Gasteiger partial charge in [-0.3, -0.25) is 0 Å². The lowest BCUT2D eigenvalue weighted by molar-refractivity contribution is -0.0504. The van der Waals surface area contributed by atoms with Crippen molar-refractivity contribution < 1.29 is 18.6 Å².